The van der Waals surface area contributed by atoms with E-state index in [0.717, 1.165) is 41.1 Å². The van der Waals surface area contributed by atoms with Crippen LogP contribution in [0.2, 0.25) is 0 Å². The molecule has 0 aliphatic rings. The van der Waals surface area contributed by atoms with Gasteiger partial charge >= 0.3 is 0 Å². The SMILES string of the molecule is CCCCc1cc(C(=O)c2ncn3ccccc23)c2ccccc2c1. The lowest BCUT2D eigenvalue weighted by Crippen LogP contribution is -2.05. The van der Waals surface area contributed by atoms with Gasteiger partial charge in [0.1, 0.15) is 12.0 Å². The molecular formula is C22H20N2O. The number of nitrogens with zero attached hydrogens (tertiary/aromatic N) is 2. The molecule has 0 atom stereocenters. The van der Waals surface area contributed by atoms with Crippen LogP contribution in [0.5, 0.6) is 0 Å². The van der Waals surface area contributed by atoms with E-state index in [1.54, 1.807) is 6.33 Å². The predicted molar refractivity (Wildman–Crippen MR) is 101 cm³/mol. The van der Waals surface area contributed by atoms with Gasteiger partial charge in [-0.05, 0) is 47.4 Å². The van der Waals surface area contributed by atoms with Gasteiger partial charge in [-0.1, -0.05) is 49.7 Å². The van der Waals surface area contributed by atoms with E-state index in [4.69, 9.17) is 0 Å². The lowest BCUT2D eigenvalue weighted by atomic mass is 9.95. The number of carbonyl (C=O) groups excluding carboxylic acids is 1. The third kappa shape index (κ3) is 2.82. The number of pyridine rings is 1. The largest absolute Gasteiger partial charge is 0.306 e. The van der Waals surface area contributed by atoms with Gasteiger partial charge in [-0.15, -0.1) is 0 Å². The Hall–Kier alpha value is -2.94. The van der Waals surface area contributed by atoms with Crippen LogP contribution in [0.15, 0.2) is 67.1 Å². The van der Waals surface area contributed by atoms with Crippen LogP contribution >= 0.6 is 0 Å². The number of benzene rings is 2. The normalized spacial score (nSPS) is 11.2. The average molecular weight is 328 g/mol. The van der Waals surface area contributed by atoms with Gasteiger partial charge in [0.25, 0.3) is 0 Å². The summed E-state index contributed by atoms with van der Waals surface area (Å²) in [5.74, 6) is -0.0109. The first kappa shape index (κ1) is 15.6. The van der Waals surface area contributed by atoms with Crippen LogP contribution < -0.4 is 0 Å². The van der Waals surface area contributed by atoms with E-state index in [9.17, 15) is 4.79 Å². The summed E-state index contributed by atoms with van der Waals surface area (Å²) in [6.45, 7) is 2.18. The highest BCUT2D eigenvalue weighted by atomic mass is 16.1. The van der Waals surface area contributed by atoms with Crippen LogP contribution in [-0.4, -0.2) is 15.2 Å². The van der Waals surface area contributed by atoms with E-state index in [-0.39, 0.29) is 5.78 Å². The zero-order valence-corrected chi connectivity index (χ0v) is 14.3. The molecule has 0 bridgehead atoms. The fraction of sp³-hybridized carbons (Fsp3) is 0.182. The quantitative estimate of drug-likeness (QED) is 0.480. The Morgan fingerprint density at radius 1 is 1.08 bits per heavy atom. The Morgan fingerprint density at radius 3 is 2.80 bits per heavy atom. The van der Waals surface area contributed by atoms with E-state index in [2.05, 4.69) is 30.1 Å². The molecule has 0 fully saturated rings. The van der Waals surface area contributed by atoms with Gasteiger partial charge in [-0.3, -0.25) is 4.79 Å². The molecule has 0 unspecified atom stereocenters. The third-order valence-corrected chi connectivity index (χ3v) is 4.64. The molecule has 25 heavy (non-hydrogen) atoms. The molecule has 4 aromatic rings. The molecule has 124 valence electrons. The minimum Gasteiger partial charge on any atom is -0.306 e. The highest BCUT2D eigenvalue weighted by Gasteiger charge is 2.18. The maximum Gasteiger partial charge on any atom is 0.214 e. The van der Waals surface area contributed by atoms with Crippen molar-refractivity contribution in [3.63, 3.8) is 0 Å². The second kappa shape index (κ2) is 6.52. The fourth-order valence-corrected chi connectivity index (χ4v) is 3.33. The Kier molecular flexibility index (Phi) is 4.06. The monoisotopic (exact) mass is 328 g/mol. The summed E-state index contributed by atoms with van der Waals surface area (Å²) in [5, 5.41) is 2.10. The molecule has 0 radical (unpaired) electrons. The molecule has 0 spiro atoms. The molecule has 2 aromatic carbocycles. The molecule has 4 rings (SSSR count). The number of unbranched alkanes of at least 4 members (excludes halogenated alkanes) is 1. The van der Waals surface area contributed by atoms with Crippen LogP contribution in [-0.2, 0) is 6.42 Å². The first-order valence-corrected chi connectivity index (χ1v) is 8.76. The Labute approximate surface area is 146 Å². The number of hydrogen-bond donors (Lipinski definition) is 0. The molecule has 3 nitrogen and oxygen atoms in total. The molecular weight excluding hydrogens is 308 g/mol. The molecule has 0 saturated heterocycles. The van der Waals surface area contributed by atoms with Gasteiger partial charge < -0.3 is 4.40 Å². The highest BCUT2D eigenvalue weighted by molar-refractivity contribution is 6.18. The van der Waals surface area contributed by atoms with Crippen LogP contribution in [0.4, 0.5) is 0 Å². The van der Waals surface area contributed by atoms with Gasteiger partial charge in [0.2, 0.25) is 5.78 Å². The lowest BCUT2D eigenvalue weighted by Gasteiger charge is -2.09. The van der Waals surface area contributed by atoms with Crippen molar-refractivity contribution >= 4 is 22.1 Å². The predicted octanol–water partition coefficient (Wildman–Crippen LogP) is 5.06. The third-order valence-electron chi connectivity index (χ3n) is 4.64. The number of ketones is 1. The van der Waals surface area contributed by atoms with Crippen molar-refractivity contribution in [2.45, 2.75) is 26.2 Å². The summed E-state index contributed by atoms with van der Waals surface area (Å²) in [6, 6.07) is 18.2. The zero-order valence-electron chi connectivity index (χ0n) is 14.3. The van der Waals surface area contributed by atoms with E-state index in [0.29, 0.717) is 5.69 Å². The molecule has 2 aromatic heterocycles. The molecule has 3 heteroatoms. The molecule has 2 heterocycles. The summed E-state index contributed by atoms with van der Waals surface area (Å²) in [5.41, 5.74) is 3.31. The number of hydrogen-bond acceptors (Lipinski definition) is 2. The average Bonchev–Trinajstić information content (AvgIpc) is 3.09. The van der Waals surface area contributed by atoms with Crippen molar-refractivity contribution < 1.29 is 4.79 Å². The number of aryl methyl sites for hydroxylation is 1. The number of imidazole rings is 1. The molecule has 0 aliphatic carbocycles. The van der Waals surface area contributed by atoms with Crippen molar-refractivity contribution in [1.82, 2.24) is 9.38 Å². The van der Waals surface area contributed by atoms with E-state index >= 15 is 0 Å². The van der Waals surface area contributed by atoms with Crippen molar-refractivity contribution in [1.29, 1.82) is 0 Å². The van der Waals surface area contributed by atoms with Crippen LogP contribution in [0, 0.1) is 0 Å². The summed E-state index contributed by atoms with van der Waals surface area (Å²) in [6.07, 6.45) is 6.87. The maximum atomic E-state index is 13.3. The number of carbonyl (C=O) groups is 1. The summed E-state index contributed by atoms with van der Waals surface area (Å²) >= 11 is 0. The molecule has 0 amide bonds. The fourth-order valence-electron chi connectivity index (χ4n) is 3.33. The van der Waals surface area contributed by atoms with Crippen LogP contribution in [0.25, 0.3) is 16.3 Å². The molecule has 0 N–H and O–H groups in total. The minimum absolute atomic E-state index is 0.0109. The first-order chi connectivity index (χ1) is 12.3. The van der Waals surface area contributed by atoms with Gasteiger partial charge in [0, 0.05) is 11.8 Å². The number of fused-ring (bicyclic) bond motifs is 2. The number of rotatable bonds is 5. The second-order valence-corrected chi connectivity index (χ2v) is 6.38. The van der Waals surface area contributed by atoms with Gasteiger partial charge in [0.05, 0.1) is 5.52 Å². The zero-order chi connectivity index (χ0) is 17.2. The van der Waals surface area contributed by atoms with Crippen LogP contribution in [0.1, 0.15) is 41.4 Å². The van der Waals surface area contributed by atoms with Crippen LogP contribution in [0.3, 0.4) is 0 Å². The lowest BCUT2D eigenvalue weighted by molar-refractivity contribution is 0.103. The maximum absolute atomic E-state index is 13.3. The summed E-state index contributed by atoms with van der Waals surface area (Å²) < 4.78 is 1.89. The summed E-state index contributed by atoms with van der Waals surface area (Å²) in [7, 11) is 0. The molecule has 0 aliphatic heterocycles. The van der Waals surface area contributed by atoms with Crippen molar-refractivity contribution in [3.05, 3.63) is 83.9 Å². The Bertz CT molecular complexity index is 1060. The second-order valence-electron chi connectivity index (χ2n) is 6.38. The van der Waals surface area contributed by atoms with E-state index in [1.165, 1.54) is 5.56 Å². The minimum atomic E-state index is -0.0109. The summed E-state index contributed by atoms with van der Waals surface area (Å²) in [4.78, 5) is 17.7. The Balaban J connectivity index is 1.88. The number of aromatic nitrogens is 2. The first-order valence-electron chi connectivity index (χ1n) is 8.76. The Morgan fingerprint density at radius 2 is 1.92 bits per heavy atom. The van der Waals surface area contributed by atoms with Crippen molar-refractivity contribution in [2.24, 2.45) is 0 Å². The van der Waals surface area contributed by atoms with Crippen molar-refractivity contribution in [3.8, 4) is 0 Å². The van der Waals surface area contributed by atoms with E-state index in [1.807, 2.05) is 47.0 Å². The molecule has 0 saturated carbocycles. The highest BCUT2D eigenvalue weighted by Crippen LogP contribution is 2.25. The van der Waals surface area contributed by atoms with Crippen molar-refractivity contribution in [2.75, 3.05) is 0 Å². The van der Waals surface area contributed by atoms with Gasteiger partial charge in [0.15, 0.2) is 0 Å². The van der Waals surface area contributed by atoms with Gasteiger partial charge in [-0.25, -0.2) is 4.98 Å². The van der Waals surface area contributed by atoms with Gasteiger partial charge in [-0.2, -0.15) is 0 Å². The standard InChI is InChI=1S/C22H20N2O/c1-2-3-8-16-13-17-9-4-5-10-18(17)19(14-16)22(25)21-20-11-6-7-12-24(20)15-23-21/h4-7,9-15H,2-3,8H2,1H3. The van der Waals surface area contributed by atoms with E-state index < -0.39 is 0 Å². The topological polar surface area (TPSA) is 34.4 Å². The smallest absolute Gasteiger partial charge is 0.214 e.